The minimum Gasteiger partial charge on any atom is -0.326 e. The number of anilines is 1. The topological polar surface area (TPSA) is 126 Å². The smallest absolute Gasteiger partial charge is 0.326 e. The number of hydrazone groups is 1. The molecule has 0 aromatic heterocycles. The van der Waals surface area contributed by atoms with Gasteiger partial charge in [-0.3, -0.25) is 15.0 Å². The summed E-state index contributed by atoms with van der Waals surface area (Å²) in [5.41, 5.74) is 7.52. The molecule has 0 radical (unpaired) electrons. The van der Waals surface area contributed by atoms with Gasteiger partial charge < -0.3 is 5.32 Å². The van der Waals surface area contributed by atoms with Crippen molar-refractivity contribution in [3.05, 3.63) is 29.3 Å². The highest BCUT2D eigenvalue weighted by Gasteiger charge is 2.11. The second-order valence-corrected chi connectivity index (χ2v) is 5.68. The van der Waals surface area contributed by atoms with Crippen LogP contribution in [0.4, 0.5) is 10.5 Å². The summed E-state index contributed by atoms with van der Waals surface area (Å²) < 4.78 is 0. The number of nitrogens with one attached hydrogen (secondary N) is 3. The number of Topliss-reactive ketones (excluding diaryl/α,β-unsaturated/α-hetero) is 1. The standard InChI is InChI=1S/C17H25N5O3/c1-4-13(21-22-17(25)20-18)10-15(23)7-8-16(24)19-14-6-5-11(2)12(3)9-14/h5-6,9H,4,7-8,10,18H2,1-3H3,(H,19,24)(H2,20,22,25)/b21-13-. The number of hydrazine groups is 1. The molecule has 0 aliphatic rings. The van der Waals surface area contributed by atoms with Crippen molar-refractivity contribution < 1.29 is 14.4 Å². The molecule has 8 heteroatoms. The fourth-order valence-corrected chi connectivity index (χ4v) is 2.02. The van der Waals surface area contributed by atoms with Crippen LogP contribution in [-0.2, 0) is 9.59 Å². The maximum atomic E-state index is 12.0. The van der Waals surface area contributed by atoms with Crippen molar-refractivity contribution in [1.29, 1.82) is 0 Å². The van der Waals surface area contributed by atoms with Gasteiger partial charge in [-0.25, -0.2) is 16.1 Å². The number of hydrogen-bond donors (Lipinski definition) is 4. The Morgan fingerprint density at radius 2 is 1.84 bits per heavy atom. The van der Waals surface area contributed by atoms with Gasteiger partial charge in [0.15, 0.2) is 0 Å². The van der Waals surface area contributed by atoms with Gasteiger partial charge in [0.05, 0.1) is 0 Å². The van der Waals surface area contributed by atoms with Crippen LogP contribution in [0.5, 0.6) is 0 Å². The fraction of sp³-hybridized carbons (Fsp3) is 0.412. The van der Waals surface area contributed by atoms with Crippen LogP contribution in [-0.4, -0.2) is 23.4 Å². The number of benzene rings is 1. The van der Waals surface area contributed by atoms with Crippen molar-refractivity contribution in [3.8, 4) is 0 Å². The maximum Gasteiger partial charge on any atom is 0.349 e. The highest BCUT2D eigenvalue weighted by atomic mass is 16.2. The Bertz CT molecular complexity index is 670. The Morgan fingerprint density at radius 1 is 1.12 bits per heavy atom. The number of nitrogens with two attached hydrogens (primary N) is 1. The van der Waals surface area contributed by atoms with E-state index in [9.17, 15) is 14.4 Å². The van der Waals surface area contributed by atoms with Gasteiger partial charge in [-0.2, -0.15) is 5.10 Å². The van der Waals surface area contributed by atoms with E-state index in [-0.39, 0.29) is 31.0 Å². The van der Waals surface area contributed by atoms with Gasteiger partial charge in [-0.1, -0.05) is 13.0 Å². The number of aryl methyl sites for hydroxylation is 2. The summed E-state index contributed by atoms with van der Waals surface area (Å²) in [5.74, 6) is 4.58. The molecule has 1 aromatic rings. The average Bonchev–Trinajstić information content (AvgIpc) is 2.59. The van der Waals surface area contributed by atoms with E-state index in [1.807, 2.05) is 44.4 Å². The second kappa shape index (κ2) is 10.2. The molecule has 136 valence electrons. The number of urea groups is 1. The zero-order chi connectivity index (χ0) is 18.8. The van der Waals surface area contributed by atoms with Crippen molar-refractivity contribution in [2.75, 3.05) is 5.32 Å². The highest BCUT2D eigenvalue weighted by Crippen LogP contribution is 2.14. The van der Waals surface area contributed by atoms with Gasteiger partial charge in [-0.15, -0.1) is 0 Å². The van der Waals surface area contributed by atoms with Crippen LogP contribution >= 0.6 is 0 Å². The van der Waals surface area contributed by atoms with Gasteiger partial charge in [0.2, 0.25) is 5.91 Å². The van der Waals surface area contributed by atoms with Crippen molar-refractivity contribution in [3.63, 3.8) is 0 Å². The van der Waals surface area contributed by atoms with Crippen LogP contribution in [0, 0.1) is 13.8 Å². The van der Waals surface area contributed by atoms with Crippen LogP contribution in [0.1, 0.15) is 43.7 Å². The van der Waals surface area contributed by atoms with Crippen molar-refractivity contribution >= 4 is 29.1 Å². The SMILES string of the molecule is CC/C(CC(=O)CCC(=O)Nc1ccc(C)c(C)c1)=N/NC(=O)NN. The van der Waals surface area contributed by atoms with E-state index in [1.54, 1.807) is 0 Å². The summed E-state index contributed by atoms with van der Waals surface area (Å²) in [6.45, 7) is 5.79. The predicted octanol–water partition coefficient (Wildman–Crippen LogP) is 1.92. The Balaban J connectivity index is 2.45. The molecule has 5 N–H and O–H groups in total. The Labute approximate surface area is 147 Å². The molecule has 0 heterocycles. The van der Waals surface area contributed by atoms with Gasteiger partial charge in [0, 0.05) is 30.7 Å². The normalized spacial score (nSPS) is 11.0. The molecule has 25 heavy (non-hydrogen) atoms. The number of ketones is 1. The molecule has 0 fully saturated rings. The zero-order valence-corrected chi connectivity index (χ0v) is 14.8. The first-order valence-corrected chi connectivity index (χ1v) is 8.06. The van der Waals surface area contributed by atoms with Gasteiger partial charge in [0.25, 0.3) is 0 Å². The number of nitrogens with zero attached hydrogens (tertiary/aromatic N) is 1. The van der Waals surface area contributed by atoms with E-state index in [0.717, 1.165) is 11.1 Å². The summed E-state index contributed by atoms with van der Waals surface area (Å²) in [6.07, 6.45) is 0.794. The van der Waals surface area contributed by atoms with E-state index in [4.69, 9.17) is 5.84 Å². The molecular formula is C17H25N5O3. The monoisotopic (exact) mass is 347 g/mol. The number of hydrogen-bond acceptors (Lipinski definition) is 5. The Kier molecular flexibility index (Phi) is 8.28. The molecule has 1 rings (SSSR count). The van der Waals surface area contributed by atoms with E-state index in [2.05, 4.69) is 15.8 Å². The third kappa shape index (κ3) is 7.58. The lowest BCUT2D eigenvalue weighted by Gasteiger charge is -2.08. The average molecular weight is 347 g/mol. The third-order valence-electron chi connectivity index (χ3n) is 3.68. The summed E-state index contributed by atoms with van der Waals surface area (Å²) in [7, 11) is 0. The quantitative estimate of drug-likeness (QED) is 0.248. The van der Waals surface area contributed by atoms with Crippen LogP contribution in [0.3, 0.4) is 0 Å². The summed E-state index contributed by atoms with van der Waals surface area (Å²) in [4.78, 5) is 34.9. The van der Waals surface area contributed by atoms with Crippen LogP contribution in [0.25, 0.3) is 0 Å². The number of carbonyl (C=O) groups excluding carboxylic acids is 3. The fourth-order valence-electron chi connectivity index (χ4n) is 2.02. The van der Waals surface area contributed by atoms with E-state index < -0.39 is 6.03 Å². The summed E-state index contributed by atoms with van der Waals surface area (Å²) >= 11 is 0. The molecular weight excluding hydrogens is 322 g/mol. The largest absolute Gasteiger partial charge is 0.349 e. The third-order valence-corrected chi connectivity index (χ3v) is 3.68. The van der Waals surface area contributed by atoms with Crippen LogP contribution < -0.4 is 22.0 Å². The minimum atomic E-state index is -0.661. The lowest BCUT2D eigenvalue weighted by atomic mass is 10.1. The Morgan fingerprint density at radius 3 is 2.44 bits per heavy atom. The molecule has 3 amide bonds. The molecule has 0 unspecified atom stereocenters. The molecule has 0 aliphatic carbocycles. The van der Waals surface area contributed by atoms with Crippen molar-refractivity contribution in [2.24, 2.45) is 10.9 Å². The zero-order valence-electron chi connectivity index (χ0n) is 14.8. The highest BCUT2D eigenvalue weighted by molar-refractivity contribution is 6.03. The van der Waals surface area contributed by atoms with Crippen molar-refractivity contribution in [1.82, 2.24) is 10.9 Å². The van der Waals surface area contributed by atoms with E-state index in [0.29, 0.717) is 17.8 Å². The first kappa shape index (κ1) is 20.3. The first-order chi connectivity index (χ1) is 11.8. The lowest BCUT2D eigenvalue weighted by molar-refractivity contribution is -0.122. The van der Waals surface area contributed by atoms with E-state index in [1.165, 1.54) is 0 Å². The minimum absolute atomic E-state index is 0.0816. The maximum absolute atomic E-state index is 12.0. The molecule has 0 atom stereocenters. The van der Waals surface area contributed by atoms with Gasteiger partial charge in [0.1, 0.15) is 5.78 Å². The number of rotatable bonds is 8. The van der Waals surface area contributed by atoms with Crippen molar-refractivity contribution in [2.45, 2.75) is 46.5 Å². The lowest BCUT2D eigenvalue weighted by Crippen LogP contribution is -2.37. The second-order valence-electron chi connectivity index (χ2n) is 5.68. The predicted molar refractivity (Wildman–Crippen MR) is 97.0 cm³/mol. The molecule has 0 spiro atoms. The molecule has 1 aromatic carbocycles. The first-order valence-electron chi connectivity index (χ1n) is 8.06. The molecule has 0 saturated heterocycles. The van der Waals surface area contributed by atoms with E-state index >= 15 is 0 Å². The van der Waals surface area contributed by atoms with Gasteiger partial charge in [-0.05, 0) is 43.5 Å². The van der Waals surface area contributed by atoms with Crippen LogP contribution in [0.15, 0.2) is 23.3 Å². The number of amides is 3. The Hall–Kier alpha value is -2.74. The summed E-state index contributed by atoms with van der Waals surface area (Å²) in [5, 5.41) is 6.60. The molecule has 0 bridgehead atoms. The molecule has 8 nitrogen and oxygen atoms in total. The summed E-state index contributed by atoms with van der Waals surface area (Å²) in [6, 6.07) is 5.00. The molecule has 0 aliphatic heterocycles. The van der Waals surface area contributed by atoms with Crippen LogP contribution in [0.2, 0.25) is 0 Å². The number of carbonyl (C=O) groups is 3. The molecule has 0 saturated carbocycles. The van der Waals surface area contributed by atoms with Gasteiger partial charge >= 0.3 is 6.03 Å².